The molecule has 0 atom stereocenters. The molecule has 2 aromatic rings. The molecule has 3 rings (SSSR count). The van der Waals surface area contributed by atoms with Gasteiger partial charge in [0.1, 0.15) is 5.75 Å². The highest BCUT2D eigenvalue weighted by Gasteiger charge is 2.46. The first-order valence-electron chi connectivity index (χ1n) is 6.28. The van der Waals surface area contributed by atoms with Crippen LogP contribution >= 0.6 is 0 Å². The summed E-state index contributed by atoms with van der Waals surface area (Å²) in [6.45, 7) is 9.03. The maximum atomic E-state index is 9.99. The first kappa shape index (κ1) is 12.0. The maximum Gasteiger partial charge on any atom is 0.206 e. The Morgan fingerprint density at radius 3 is 2.22 bits per heavy atom. The van der Waals surface area contributed by atoms with Crippen LogP contribution < -0.4 is 10.4 Å². The average Bonchev–Trinajstić information content (AvgIpc) is 2.43. The number of fused-ring (bicyclic) bond motifs is 2. The summed E-state index contributed by atoms with van der Waals surface area (Å²) in [5, 5.41) is 14.8. The van der Waals surface area contributed by atoms with Crippen molar-refractivity contribution in [2.75, 3.05) is 0 Å². The van der Waals surface area contributed by atoms with Gasteiger partial charge in [-0.2, -0.15) is 0 Å². The zero-order chi connectivity index (χ0) is 13.1. The Labute approximate surface area is 109 Å². The molecule has 2 aromatic carbocycles. The van der Waals surface area contributed by atoms with Gasteiger partial charge in [0.2, 0.25) is 16.6 Å². The lowest BCUT2D eigenvalue weighted by atomic mass is 10.1. The summed E-state index contributed by atoms with van der Waals surface area (Å²) in [4.78, 5) is 0. The Kier molecular flexibility index (Phi) is 2.30. The van der Waals surface area contributed by atoms with E-state index in [0.717, 1.165) is 10.8 Å². The topological polar surface area (TPSA) is 29.5 Å². The summed E-state index contributed by atoms with van der Waals surface area (Å²) in [6, 6.07) is 10.1. The number of rotatable bonds is 0. The molecule has 0 spiro atoms. The van der Waals surface area contributed by atoms with Gasteiger partial charge >= 0.3 is 0 Å². The van der Waals surface area contributed by atoms with Gasteiger partial charge in [-0.1, -0.05) is 18.2 Å². The summed E-state index contributed by atoms with van der Waals surface area (Å²) < 4.78 is 6.41. The number of aromatic hydroxyl groups is 1. The lowest BCUT2D eigenvalue weighted by Gasteiger charge is -2.22. The third-order valence-electron chi connectivity index (χ3n) is 3.80. The van der Waals surface area contributed by atoms with E-state index >= 15 is 0 Å². The maximum absolute atomic E-state index is 9.99. The Morgan fingerprint density at radius 1 is 0.944 bits per heavy atom. The lowest BCUT2D eigenvalue weighted by molar-refractivity contribution is 0.481. The van der Waals surface area contributed by atoms with Gasteiger partial charge in [-0.15, -0.1) is 0 Å². The monoisotopic (exact) mass is 274 g/mol. The van der Waals surface area contributed by atoms with Crippen LogP contribution in [-0.2, 0) is 4.12 Å². The predicted octanol–water partition coefficient (Wildman–Crippen LogP) is 2.40. The number of phenols is 1. The fraction of sp³-hybridized carbons (Fsp3) is 0.286. The highest BCUT2D eigenvalue weighted by Crippen LogP contribution is 2.28. The van der Waals surface area contributed by atoms with Gasteiger partial charge in [0.15, 0.2) is 0 Å². The van der Waals surface area contributed by atoms with E-state index < -0.39 is 16.6 Å². The number of benzene rings is 2. The molecule has 0 amide bonds. The molecule has 0 radical (unpaired) electrons. The Bertz CT molecular complexity index is 648. The molecule has 1 aliphatic rings. The van der Waals surface area contributed by atoms with Crippen molar-refractivity contribution in [1.82, 2.24) is 0 Å². The van der Waals surface area contributed by atoms with E-state index in [0.29, 0.717) is 5.75 Å². The van der Waals surface area contributed by atoms with Gasteiger partial charge in [0, 0.05) is 5.39 Å². The van der Waals surface area contributed by atoms with Crippen LogP contribution in [0.4, 0.5) is 0 Å². The Hall–Kier alpha value is -1.11. The normalized spacial score (nSPS) is 20.0. The van der Waals surface area contributed by atoms with E-state index in [1.165, 1.54) is 10.4 Å². The van der Waals surface area contributed by atoms with Crippen molar-refractivity contribution in [2.24, 2.45) is 0 Å². The molecule has 0 aromatic heterocycles. The third kappa shape index (κ3) is 1.56. The molecule has 0 unspecified atom stereocenters. The van der Waals surface area contributed by atoms with Crippen LogP contribution in [0.15, 0.2) is 30.3 Å². The highest BCUT2D eigenvalue weighted by atomic mass is 28.4. The summed E-state index contributed by atoms with van der Waals surface area (Å²) in [7, 11) is -3.54. The van der Waals surface area contributed by atoms with E-state index in [-0.39, 0.29) is 0 Å². The fourth-order valence-electron chi connectivity index (χ4n) is 3.05. The van der Waals surface area contributed by atoms with Crippen molar-refractivity contribution < 1.29 is 9.22 Å². The van der Waals surface area contributed by atoms with Crippen molar-refractivity contribution >= 4 is 37.8 Å². The molecule has 2 nitrogen and oxygen atoms in total. The molecule has 0 saturated carbocycles. The fourth-order valence-corrected chi connectivity index (χ4v) is 13.3. The minimum Gasteiger partial charge on any atom is -0.507 e. The third-order valence-corrected chi connectivity index (χ3v) is 11.6. The molecule has 1 N–H and O–H groups in total. The molecular formula is C14H18O2Si2. The van der Waals surface area contributed by atoms with Crippen LogP contribution in [0.1, 0.15) is 0 Å². The second kappa shape index (κ2) is 3.47. The van der Waals surface area contributed by atoms with E-state index in [9.17, 15) is 5.11 Å². The van der Waals surface area contributed by atoms with Crippen LogP contribution in [0.3, 0.4) is 0 Å². The molecule has 0 aliphatic carbocycles. The van der Waals surface area contributed by atoms with Gasteiger partial charge in [0.05, 0.1) is 0 Å². The summed E-state index contributed by atoms with van der Waals surface area (Å²) in [6.07, 6.45) is 0. The van der Waals surface area contributed by atoms with Crippen LogP contribution in [0.5, 0.6) is 5.75 Å². The molecule has 0 bridgehead atoms. The Balaban J connectivity index is 2.40. The standard InChI is InChI=1S/C14H18O2Si2/c1-17(2)13-8-10-6-5-7-12(15)11(10)9-14(13)18(3,4)16-17/h5-9,15H,1-4H3. The first-order valence-corrected chi connectivity index (χ1v) is 12.1. The summed E-state index contributed by atoms with van der Waals surface area (Å²) in [5.74, 6) is 0.367. The smallest absolute Gasteiger partial charge is 0.206 e. The van der Waals surface area contributed by atoms with Crippen LogP contribution in [-0.4, -0.2) is 21.7 Å². The number of phenolic OH excluding ortho intramolecular Hbond substituents is 1. The Morgan fingerprint density at radius 2 is 1.56 bits per heavy atom. The molecule has 0 saturated heterocycles. The van der Waals surface area contributed by atoms with E-state index in [1.54, 1.807) is 6.07 Å². The minimum absolute atomic E-state index is 0.367. The zero-order valence-electron chi connectivity index (χ0n) is 11.2. The van der Waals surface area contributed by atoms with Gasteiger partial charge in [0.25, 0.3) is 0 Å². The van der Waals surface area contributed by atoms with Crippen molar-refractivity contribution in [3.63, 3.8) is 0 Å². The SMILES string of the molecule is C[Si]1(C)O[Si](C)(C)c2cc3c(O)cccc3cc21. The second-order valence-corrected chi connectivity index (χ2v) is 14.0. The van der Waals surface area contributed by atoms with Crippen molar-refractivity contribution in [3.8, 4) is 5.75 Å². The number of hydrogen-bond acceptors (Lipinski definition) is 2. The van der Waals surface area contributed by atoms with E-state index in [1.807, 2.05) is 6.07 Å². The minimum atomic E-state index is -1.79. The van der Waals surface area contributed by atoms with Crippen LogP contribution in [0.2, 0.25) is 26.2 Å². The van der Waals surface area contributed by atoms with Crippen molar-refractivity contribution in [1.29, 1.82) is 0 Å². The summed E-state index contributed by atoms with van der Waals surface area (Å²) in [5.41, 5.74) is 0. The molecule has 0 fully saturated rings. The summed E-state index contributed by atoms with van der Waals surface area (Å²) >= 11 is 0. The second-order valence-electron chi connectivity index (χ2n) is 6.02. The van der Waals surface area contributed by atoms with Crippen LogP contribution in [0.25, 0.3) is 10.8 Å². The van der Waals surface area contributed by atoms with Crippen LogP contribution in [0, 0.1) is 0 Å². The molecule has 1 aliphatic heterocycles. The molecule has 18 heavy (non-hydrogen) atoms. The van der Waals surface area contributed by atoms with Crippen molar-refractivity contribution in [3.05, 3.63) is 30.3 Å². The molecule has 4 heteroatoms. The molecule has 94 valence electrons. The lowest BCUT2D eigenvalue weighted by Crippen LogP contribution is -2.43. The quantitative estimate of drug-likeness (QED) is 0.748. The largest absolute Gasteiger partial charge is 0.507 e. The van der Waals surface area contributed by atoms with Gasteiger partial charge in [-0.05, 0) is 54.1 Å². The van der Waals surface area contributed by atoms with E-state index in [2.05, 4.69) is 44.4 Å². The predicted molar refractivity (Wildman–Crippen MR) is 80.9 cm³/mol. The van der Waals surface area contributed by atoms with Gasteiger partial charge < -0.3 is 9.22 Å². The zero-order valence-corrected chi connectivity index (χ0v) is 13.2. The van der Waals surface area contributed by atoms with Crippen molar-refractivity contribution in [2.45, 2.75) is 26.2 Å². The highest BCUT2D eigenvalue weighted by molar-refractivity contribution is 7.06. The average molecular weight is 274 g/mol. The van der Waals surface area contributed by atoms with Gasteiger partial charge in [-0.25, -0.2) is 0 Å². The number of hydrogen-bond donors (Lipinski definition) is 1. The molecular weight excluding hydrogens is 256 g/mol. The van der Waals surface area contributed by atoms with Gasteiger partial charge in [-0.3, -0.25) is 0 Å². The van der Waals surface area contributed by atoms with E-state index in [4.69, 9.17) is 4.12 Å². The first-order chi connectivity index (χ1) is 8.31. The molecule has 1 heterocycles.